The van der Waals surface area contributed by atoms with Crippen LogP contribution >= 0.6 is 11.3 Å². The third-order valence-electron chi connectivity index (χ3n) is 2.88. The van der Waals surface area contributed by atoms with E-state index in [2.05, 4.69) is 46.4 Å². The molecule has 0 aliphatic rings. The molecule has 0 aromatic carbocycles. The first-order valence-corrected chi connectivity index (χ1v) is 7.64. The van der Waals surface area contributed by atoms with E-state index in [0.29, 0.717) is 24.4 Å². The van der Waals surface area contributed by atoms with Gasteiger partial charge in [0.05, 0.1) is 5.69 Å². The quantitative estimate of drug-likeness (QED) is 0.858. The van der Waals surface area contributed by atoms with Crippen molar-refractivity contribution in [1.82, 2.24) is 4.98 Å². The van der Waals surface area contributed by atoms with Crippen molar-refractivity contribution in [3.8, 4) is 0 Å². The van der Waals surface area contributed by atoms with Gasteiger partial charge >= 0.3 is 0 Å². The first-order valence-electron chi connectivity index (χ1n) is 6.83. The predicted octanol–water partition coefficient (Wildman–Crippen LogP) is 3.60. The minimum Gasteiger partial charge on any atom is -0.345 e. The Morgan fingerprint density at radius 1 is 1.17 bits per heavy atom. The van der Waals surface area contributed by atoms with E-state index in [1.807, 2.05) is 0 Å². The molecule has 0 spiro atoms. The second-order valence-electron chi connectivity index (χ2n) is 5.80. The number of aromatic nitrogens is 1. The monoisotopic (exact) mass is 269 g/mol. The lowest BCUT2D eigenvalue weighted by Gasteiger charge is -2.27. The molecule has 1 aromatic rings. The molecule has 3 nitrogen and oxygen atoms in total. The van der Waals surface area contributed by atoms with Crippen molar-refractivity contribution < 1.29 is 0 Å². The van der Waals surface area contributed by atoms with Crippen molar-refractivity contribution in [3.05, 3.63) is 10.6 Å². The lowest BCUT2D eigenvalue weighted by Crippen LogP contribution is -2.34. The van der Waals surface area contributed by atoms with Gasteiger partial charge in [0.2, 0.25) is 0 Å². The Morgan fingerprint density at radius 3 is 2.11 bits per heavy atom. The molecule has 2 N–H and O–H groups in total. The molecule has 4 heteroatoms. The SMILES string of the molecule is CC(C)CN(c1nc(C(C)C)c(CN)s1)C(C)C. The number of anilines is 1. The molecule has 0 saturated carbocycles. The smallest absolute Gasteiger partial charge is 0.186 e. The van der Waals surface area contributed by atoms with Gasteiger partial charge in [0.25, 0.3) is 0 Å². The zero-order chi connectivity index (χ0) is 13.9. The van der Waals surface area contributed by atoms with E-state index in [-0.39, 0.29) is 0 Å². The first-order chi connectivity index (χ1) is 8.36. The number of nitrogens with zero attached hydrogens (tertiary/aromatic N) is 2. The lowest BCUT2D eigenvalue weighted by molar-refractivity contribution is 0.569. The van der Waals surface area contributed by atoms with Gasteiger partial charge in [-0.25, -0.2) is 4.98 Å². The first kappa shape index (κ1) is 15.4. The van der Waals surface area contributed by atoms with Gasteiger partial charge in [-0.1, -0.05) is 27.7 Å². The van der Waals surface area contributed by atoms with Crippen molar-refractivity contribution in [1.29, 1.82) is 0 Å². The van der Waals surface area contributed by atoms with Gasteiger partial charge in [-0.3, -0.25) is 0 Å². The van der Waals surface area contributed by atoms with E-state index in [9.17, 15) is 0 Å². The highest BCUT2D eigenvalue weighted by Crippen LogP contribution is 2.31. The minimum atomic E-state index is 0.446. The Balaban J connectivity index is 3.05. The number of nitrogens with two attached hydrogens (primary N) is 1. The summed E-state index contributed by atoms with van der Waals surface area (Å²) >= 11 is 1.76. The fourth-order valence-electron chi connectivity index (χ4n) is 1.97. The molecule has 0 unspecified atom stereocenters. The topological polar surface area (TPSA) is 42.2 Å². The summed E-state index contributed by atoms with van der Waals surface area (Å²) < 4.78 is 0. The molecule has 0 atom stereocenters. The maximum absolute atomic E-state index is 5.83. The van der Waals surface area contributed by atoms with Crippen molar-refractivity contribution in [2.45, 2.75) is 60.0 Å². The number of rotatable bonds is 6. The Bertz CT molecular complexity index is 369. The summed E-state index contributed by atoms with van der Waals surface area (Å²) in [5.41, 5.74) is 7.00. The van der Waals surface area contributed by atoms with Crippen LogP contribution in [-0.4, -0.2) is 17.6 Å². The summed E-state index contributed by atoms with van der Waals surface area (Å²) in [5, 5.41) is 1.13. The molecular weight excluding hydrogens is 242 g/mol. The predicted molar refractivity (Wildman–Crippen MR) is 81.4 cm³/mol. The molecule has 0 fully saturated rings. The zero-order valence-corrected chi connectivity index (χ0v) is 13.3. The van der Waals surface area contributed by atoms with Crippen LogP contribution in [0.4, 0.5) is 5.13 Å². The summed E-state index contributed by atoms with van der Waals surface area (Å²) in [7, 11) is 0. The molecule has 18 heavy (non-hydrogen) atoms. The van der Waals surface area contributed by atoms with Gasteiger partial charge in [-0.05, 0) is 25.7 Å². The molecular formula is C14H27N3S. The number of hydrogen-bond donors (Lipinski definition) is 1. The molecule has 0 bridgehead atoms. The second-order valence-corrected chi connectivity index (χ2v) is 6.87. The van der Waals surface area contributed by atoms with Gasteiger partial charge in [0.15, 0.2) is 5.13 Å². The van der Waals surface area contributed by atoms with Crippen molar-refractivity contribution >= 4 is 16.5 Å². The van der Waals surface area contributed by atoms with Crippen LogP contribution in [0.5, 0.6) is 0 Å². The lowest BCUT2D eigenvalue weighted by atomic mass is 10.1. The molecule has 0 amide bonds. The van der Waals surface area contributed by atoms with Crippen LogP contribution in [0.1, 0.15) is 58.0 Å². The molecule has 0 radical (unpaired) electrons. The van der Waals surface area contributed by atoms with Crippen LogP contribution in [-0.2, 0) is 6.54 Å². The Labute approximate surface area is 115 Å². The van der Waals surface area contributed by atoms with Crippen molar-refractivity contribution in [3.63, 3.8) is 0 Å². The molecule has 0 aliphatic carbocycles. The second kappa shape index (κ2) is 6.53. The highest BCUT2D eigenvalue weighted by atomic mass is 32.1. The largest absolute Gasteiger partial charge is 0.345 e. The van der Waals surface area contributed by atoms with Crippen LogP contribution in [0, 0.1) is 5.92 Å². The summed E-state index contributed by atoms with van der Waals surface area (Å²) in [6.45, 7) is 14.9. The maximum Gasteiger partial charge on any atom is 0.186 e. The van der Waals surface area contributed by atoms with Crippen molar-refractivity contribution in [2.75, 3.05) is 11.4 Å². The fraction of sp³-hybridized carbons (Fsp3) is 0.786. The summed E-state index contributed by atoms with van der Waals surface area (Å²) in [6.07, 6.45) is 0. The van der Waals surface area contributed by atoms with E-state index in [0.717, 1.165) is 11.7 Å². The Kier molecular flexibility index (Phi) is 5.60. The molecule has 104 valence electrons. The van der Waals surface area contributed by atoms with Gasteiger partial charge in [0, 0.05) is 24.0 Å². The summed E-state index contributed by atoms with van der Waals surface area (Å²) in [4.78, 5) is 8.44. The third kappa shape index (κ3) is 3.69. The van der Waals surface area contributed by atoms with E-state index >= 15 is 0 Å². The highest BCUT2D eigenvalue weighted by Gasteiger charge is 2.20. The van der Waals surface area contributed by atoms with E-state index in [1.165, 1.54) is 10.6 Å². The van der Waals surface area contributed by atoms with Gasteiger partial charge in [-0.2, -0.15) is 0 Å². The van der Waals surface area contributed by atoms with Crippen LogP contribution < -0.4 is 10.6 Å². The maximum atomic E-state index is 5.83. The molecule has 1 aromatic heterocycles. The van der Waals surface area contributed by atoms with E-state index in [1.54, 1.807) is 11.3 Å². The Morgan fingerprint density at radius 2 is 1.78 bits per heavy atom. The van der Waals surface area contributed by atoms with Crippen LogP contribution in [0.15, 0.2) is 0 Å². The number of hydrogen-bond acceptors (Lipinski definition) is 4. The van der Waals surface area contributed by atoms with Gasteiger partial charge in [0.1, 0.15) is 0 Å². The van der Waals surface area contributed by atoms with Gasteiger partial charge in [-0.15, -0.1) is 11.3 Å². The fourth-order valence-corrected chi connectivity index (χ4v) is 3.21. The normalized spacial score (nSPS) is 11.9. The number of thiazole rings is 1. The summed E-state index contributed by atoms with van der Waals surface area (Å²) in [6, 6.07) is 0.476. The standard InChI is InChI=1S/C14H27N3S/c1-9(2)8-17(11(5)6)14-16-13(10(3)4)12(7-15)18-14/h9-11H,7-8,15H2,1-6H3. The highest BCUT2D eigenvalue weighted by molar-refractivity contribution is 7.15. The average Bonchev–Trinajstić information content (AvgIpc) is 2.68. The molecule has 1 rings (SSSR count). The van der Waals surface area contributed by atoms with Crippen LogP contribution in [0.2, 0.25) is 0 Å². The van der Waals surface area contributed by atoms with E-state index < -0.39 is 0 Å². The minimum absolute atomic E-state index is 0.446. The third-order valence-corrected chi connectivity index (χ3v) is 4.01. The zero-order valence-electron chi connectivity index (χ0n) is 12.5. The molecule has 0 aliphatic heterocycles. The van der Waals surface area contributed by atoms with Crippen molar-refractivity contribution in [2.24, 2.45) is 11.7 Å². The van der Waals surface area contributed by atoms with E-state index in [4.69, 9.17) is 10.7 Å². The average molecular weight is 269 g/mol. The summed E-state index contributed by atoms with van der Waals surface area (Å²) in [5.74, 6) is 1.08. The van der Waals surface area contributed by atoms with Crippen LogP contribution in [0.25, 0.3) is 0 Å². The van der Waals surface area contributed by atoms with Gasteiger partial charge < -0.3 is 10.6 Å². The Hall–Kier alpha value is -0.610. The molecule has 0 saturated heterocycles. The molecule has 1 heterocycles. The van der Waals surface area contributed by atoms with Crippen LogP contribution in [0.3, 0.4) is 0 Å².